The molecular formula is C18H20N2O4S. The highest BCUT2D eigenvalue weighted by molar-refractivity contribution is 7.09. The van der Waals surface area contributed by atoms with Gasteiger partial charge in [0.2, 0.25) is 5.91 Å². The molecule has 0 bridgehead atoms. The number of morpholine rings is 1. The van der Waals surface area contributed by atoms with E-state index in [9.17, 15) is 9.59 Å². The molecule has 0 saturated carbocycles. The summed E-state index contributed by atoms with van der Waals surface area (Å²) in [6.45, 7) is 1.20. The van der Waals surface area contributed by atoms with E-state index in [1.807, 2.05) is 23.6 Å². The zero-order chi connectivity index (χ0) is 17.6. The molecule has 0 spiro atoms. The summed E-state index contributed by atoms with van der Waals surface area (Å²) >= 11 is 1.56. The van der Waals surface area contributed by atoms with E-state index < -0.39 is 12.1 Å². The summed E-state index contributed by atoms with van der Waals surface area (Å²) in [6, 6.07) is 10.1. The van der Waals surface area contributed by atoms with Crippen LogP contribution in [0.25, 0.3) is 0 Å². The number of carboxylic acid groups (broad SMARTS) is 1. The highest BCUT2D eigenvalue weighted by Gasteiger charge is 2.26. The Morgan fingerprint density at radius 3 is 2.88 bits per heavy atom. The predicted octanol–water partition coefficient (Wildman–Crippen LogP) is 1.98. The molecule has 6 nitrogen and oxygen atoms in total. The first-order chi connectivity index (χ1) is 12.1. The van der Waals surface area contributed by atoms with Crippen molar-refractivity contribution in [1.29, 1.82) is 0 Å². The third-order valence-corrected chi connectivity index (χ3v) is 4.92. The largest absolute Gasteiger partial charge is 0.481 e. The molecule has 1 aliphatic rings. The third-order valence-electron chi connectivity index (χ3n) is 4.02. The molecule has 132 valence electrons. The molecule has 3 rings (SSSR count). The van der Waals surface area contributed by atoms with Gasteiger partial charge in [-0.05, 0) is 5.56 Å². The molecule has 2 heterocycles. The van der Waals surface area contributed by atoms with Gasteiger partial charge in [0.1, 0.15) is 0 Å². The summed E-state index contributed by atoms with van der Waals surface area (Å²) in [5.41, 5.74) is 1.96. The van der Waals surface area contributed by atoms with Crippen LogP contribution in [-0.2, 0) is 27.2 Å². The number of hydrogen-bond donors (Lipinski definition) is 1. The number of hydrogen-bond acceptors (Lipinski definition) is 5. The van der Waals surface area contributed by atoms with Crippen molar-refractivity contribution in [3.63, 3.8) is 0 Å². The molecule has 1 aromatic heterocycles. The van der Waals surface area contributed by atoms with Crippen LogP contribution in [0.15, 0.2) is 35.7 Å². The van der Waals surface area contributed by atoms with E-state index in [-0.39, 0.29) is 18.7 Å². The molecule has 1 atom stereocenters. The van der Waals surface area contributed by atoms with Crippen molar-refractivity contribution in [3.05, 3.63) is 52.0 Å². The van der Waals surface area contributed by atoms with Crippen molar-refractivity contribution in [2.75, 3.05) is 19.7 Å². The van der Waals surface area contributed by atoms with Gasteiger partial charge in [-0.1, -0.05) is 30.3 Å². The van der Waals surface area contributed by atoms with E-state index in [1.54, 1.807) is 16.2 Å². The second-order valence-corrected chi connectivity index (χ2v) is 6.94. The molecule has 0 aliphatic carbocycles. The lowest BCUT2D eigenvalue weighted by Crippen LogP contribution is -2.46. The Balaban J connectivity index is 1.55. The number of carbonyl (C=O) groups excluding carboxylic acids is 1. The fraction of sp³-hybridized carbons (Fsp3) is 0.389. The summed E-state index contributed by atoms with van der Waals surface area (Å²) < 4.78 is 5.40. The zero-order valence-electron chi connectivity index (χ0n) is 13.8. The van der Waals surface area contributed by atoms with Crippen molar-refractivity contribution >= 4 is 23.2 Å². The smallest absolute Gasteiger partial charge is 0.306 e. The van der Waals surface area contributed by atoms with Gasteiger partial charge in [-0.25, -0.2) is 4.98 Å². The van der Waals surface area contributed by atoms with Gasteiger partial charge in [0, 0.05) is 24.9 Å². The van der Waals surface area contributed by atoms with Crippen LogP contribution >= 0.6 is 11.3 Å². The number of ether oxygens (including phenoxy) is 1. The molecular weight excluding hydrogens is 340 g/mol. The number of amides is 1. The van der Waals surface area contributed by atoms with Gasteiger partial charge in [0.15, 0.2) is 0 Å². The van der Waals surface area contributed by atoms with Crippen LogP contribution in [0.1, 0.15) is 22.7 Å². The topological polar surface area (TPSA) is 79.7 Å². The Kier molecular flexibility index (Phi) is 5.78. The molecule has 25 heavy (non-hydrogen) atoms. The molecule has 1 fully saturated rings. The zero-order valence-corrected chi connectivity index (χ0v) is 14.6. The van der Waals surface area contributed by atoms with Crippen LogP contribution < -0.4 is 0 Å². The van der Waals surface area contributed by atoms with E-state index in [2.05, 4.69) is 17.1 Å². The van der Waals surface area contributed by atoms with Gasteiger partial charge < -0.3 is 14.7 Å². The number of aromatic nitrogens is 1. The van der Waals surface area contributed by atoms with Gasteiger partial charge in [-0.3, -0.25) is 9.59 Å². The normalized spacial score (nSPS) is 17.4. The Bertz CT molecular complexity index is 732. The van der Waals surface area contributed by atoms with Gasteiger partial charge >= 0.3 is 5.97 Å². The first kappa shape index (κ1) is 17.6. The second-order valence-electron chi connectivity index (χ2n) is 6.00. The average molecular weight is 360 g/mol. The number of thiazole rings is 1. The maximum Gasteiger partial charge on any atom is 0.306 e. The Labute approximate surface area is 150 Å². The van der Waals surface area contributed by atoms with Crippen LogP contribution in [0, 0.1) is 0 Å². The highest BCUT2D eigenvalue weighted by Crippen LogP contribution is 2.16. The SMILES string of the molecule is O=C(O)C[C@H]1CN(C(=O)Cc2csc(Cc3ccccc3)n2)CCO1. The van der Waals surface area contributed by atoms with Crippen molar-refractivity contribution in [3.8, 4) is 0 Å². The minimum atomic E-state index is -0.913. The van der Waals surface area contributed by atoms with Gasteiger partial charge in [0.05, 0.1) is 36.3 Å². The van der Waals surface area contributed by atoms with E-state index >= 15 is 0 Å². The van der Waals surface area contributed by atoms with Crippen LogP contribution in [-0.4, -0.2) is 52.7 Å². The first-order valence-electron chi connectivity index (χ1n) is 8.18. The number of carbonyl (C=O) groups is 2. The maximum absolute atomic E-state index is 12.5. The molecule has 2 aromatic rings. The number of benzene rings is 1. The standard InChI is InChI=1S/C18H20N2O4S/c21-17(20-6-7-24-15(11-20)10-18(22)23)9-14-12-25-16(19-14)8-13-4-2-1-3-5-13/h1-5,12,15H,6-11H2,(H,22,23)/t15-/m0/s1. The highest BCUT2D eigenvalue weighted by atomic mass is 32.1. The van der Waals surface area contributed by atoms with Crippen LogP contribution in [0.3, 0.4) is 0 Å². The van der Waals surface area contributed by atoms with E-state index in [1.165, 1.54) is 5.56 Å². The van der Waals surface area contributed by atoms with Gasteiger partial charge in [-0.2, -0.15) is 0 Å². The van der Waals surface area contributed by atoms with Crippen LogP contribution in [0.5, 0.6) is 0 Å². The number of nitrogens with zero attached hydrogens (tertiary/aromatic N) is 2. The molecule has 1 N–H and O–H groups in total. The van der Waals surface area contributed by atoms with Gasteiger partial charge in [-0.15, -0.1) is 11.3 Å². The van der Waals surface area contributed by atoms with Crippen molar-refractivity contribution in [2.24, 2.45) is 0 Å². The van der Waals surface area contributed by atoms with Gasteiger partial charge in [0.25, 0.3) is 0 Å². The lowest BCUT2D eigenvalue weighted by atomic mass is 10.1. The minimum Gasteiger partial charge on any atom is -0.481 e. The summed E-state index contributed by atoms with van der Waals surface area (Å²) in [4.78, 5) is 29.5. The molecule has 1 aliphatic heterocycles. The third kappa shape index (κ3) is 5.11. The summed E-state index contributed by atoms with van der Waals surface area (Å²) in [6.07, 6.45) is 0.490. The van der Waals surface area contributed by atoms with Crippen molar-refractivity contribution < 1.29 is 19.4 Å². The Morgan fingerprint density at radius 2 is 2.12 bits per heavy atom. The molecule has 7 heteroatoms. The molecule has 0 unspecified atom stereocenters. The van der Waals surface area contributed by atoms with Crippen molar-refractivity contribution in [1.82, 2.24) is 9.88 Å². The summed E-state index contributed by atoms with van der Waals surface area (Å²) in [5.74, 6) is -0.945. The van der Waals surface area contributed by atoms with Crippen LogP contribution in [0.2, 0.25) is 0 Å². The molecule has 1 saturated heterocycles. The molecule has 0 radical (unpaired) electrons. The second kappa shape index (κ2) is 8.22. The Hall–Kier alpha value is -2.25. The maximum atomic E-state index is 12.5. The monoisotopic (exact) mass is 360 g/mol. The average Bonchev–Trinajstić information content (AvgIpc) is 3.02. The minimum absolute atomic E-state index is 0.0322. The fourth-order valence-electron chi connectivity index (χ4n) is 2.81. The van der Waals surface area contributed by atoms with Crippen molar-refractivity contribution in [2.45, 2.75) is 25.4 Å². The van der Waals surface area contributed by atoms with E-state index in [0.717, 1.165) is 17.1 Å². The summed E-state index contributed by atoms with van der Waals surface area (Å²) in [5, 5.41) is 11.8. The molecule has 1 amide bonds. The van der Waals surface area contributed by atoms with Crippen LogP contribution in [0.4, 0.5) is 0 Å². The lowest BCUT2D eigenvalue weighted by Gasteiger charge is -2.32. The number of carboxylic acids is 1. The van der Waals surface area contributed by atoms with E-state index in [0.29, 0.717) is 19.7 Å². The molecule has 1 aromatic carbocycles. The number of aliphatic carboxylic acids is 1. The number of rotatable bonds is 6. The lowest BCUT2D eigenvalue weighted by molar-refractivity contribution is -0.147. The Morgan fingerprint density at radius 1 is 1.32 bits per heavy atom. The van der Waals surface area contributed by atoms with E-state index in [4.69, 9.17) is 9.84 Å². The first-order valence-corrected chi connectivity index (χ1v) is 9.06. The quantitative estimate of drug-likeness (QED) is 0.852. The predicted molar refractivity (Wildman–Crippen MR) is 93.6 cm³/mol. The fourth-order valence-corrected chi connectivity index (χ4v) is 3.64. The summed E-state index contributed by atoms with van der Waals surface area (Å²) in [7, 11) is 0.